The van der Waals surface area contributed by atoms with Crippen LogP contribution in [-0.4, -0.2) is 24.6 Å². The van der Waals surface area contributed by atoms with Crippen molar-refractivity contribution in [1.29, 1.82) is 0 Å². The highest BCUT2D eigenvalue weighted by Crippen LogP contribution is 2.14. The summed E-state index contributed by atoms with van der Waals surface area (Å²) >= 11 is 0. The van der Waals surface area contributed by atoms with E-state index < -0.39 is 0 Å². The third-order valence-electron chi connectivity index (χ3n) is 3.83. The first-order valence-electron chi connectivity index (χ1n) is 9.07. The van der Waals surface area contributed by atoms with Crippen LogP contribution in [0.3, 0.4) is 0 Å². The molecule has 0 aromatic heterocycles. The van der Waals surface area contributed by atoms with E-state index in [1.807, 2.05) is 6.92 Å². The van der Waals surface area contributed by atoms with Crippen molar-refractivity contribution in [3.63, 3.8) is 0 Å². The number of carbonyl (C=O) groups is 2. The van der Waals surface area contributed by atoms with Crippen molar-refractivity contribution in [1.82, 2.24) is 0 Å². The van der Waals surface area contributed by atoms with Gasteiger partial charge in [0.2, 0.25) is 0 Å². The van der Waals surface area contributed by atoms with Gasteiger partial charge >= 0.3 is 11.9 Å². The molecule has 0 aliphatic carbocycles. The van der Waals surface area contributed by atoms with Crippen LogP contribution < -0.4 is 0 Å². The van der Waals surface area contributed by atoms with Gasteiger partial charge < -0.3 is 9.47 Å². The van der Waals surface area contributed by atoms with Crippen LogP contribution in [0.4, 0.5) is 0 Å². The normalized spacial score (nSPS) is 11.6. The maximum Gasteiger partial charge on any atom is 0.333 e. The van der Waals surface area contributed by atoms with Gasteiger partial charge in [-0.3, -0.25) is 0 Å². The second-order valence-corrected chi connectivity index (χ2v) is 6.40. The third kappa shape index (κ3) is 11.9. The summed E-state index contributed by atoms with van der Waals surface area (Å²) in [7, 11) is 0. The van der Waals surface area contributed by atoms with Crippen molar-refractivity contribution in [2.24, 2.45) is 0 Å². The monoisotopic (exact) mass is 338 g/mol. The topological polar surface area (TPSA) is 52.6 Å². The highest BCUT2D eigenvalue weighted by Gasteiger charge is 2.12. The lowest BCUT2D eigenvalue weighted by atomic mass is 10.1. The molecule has 0 radical (unpaired) electrons. The Balaban J connectivity index is 3.49. The molecule has 0 rings (SSSR count). The van der Waals surface area contributed by atoms with Gasteiger partial charge in [-0.25, -0.2) is 9.59 Å². The number of rotatable bonds is 14. The molecule has 1 atom stereocenters. The Morgan fingerprint density at radius 3 is 1.83 bits per heavy atom. The summed E-state index contributed by atoms with van der Waals surface area (Å²) in [6, 6.07) is 0. The molecule has 0 aliphatic heterocycles. The summed E-state index contributed by atoms with van der Waals surface area (Å²) in [5.74, 6) is -0.581. The molecule has 1 unspecified atom stereocenters. The molecule has 0 amide bonds. The molecule has 0 aliphatic rings. The first-order valence-corrected chi connectivity index (χ1v) is 9.07. The van der Waals surface area contributed by atoms with Crippen LogP contribution in [0.1, 0.15) is 78.6 Å². The van der Waals surface area contributed by atoms with E-state index in [0.717, 1.165) is 44.9 Å². The summed E-state index contributed by atoms with van der Waals surface area (Å²) in [6.07, 6.45) is 9.56. The lowest BCUT2D eigenvalue weighted by Crippen LogP contribution is -2.17. The van der Waals surface area contributed by atoms with Gasteiger partial charge in [0, 0.05) is 11.1 Å². The average Bonchev–Trinajstić information content (AvgIpc) is 2.54. The number of ether oxygens (including phenoxy) is 2. The number of esters is 2. The molecular formula is C20H34O4. The molecule has 4 heteroatoms. The molecule has 0 bridgehead atoms. The van der Waals surface area contributed by atoms with Crippen LogP contribution in [-0.2, 0) is 19.1 Å². The number of hydrogen-bond donors (Lipinski definition) is 0. The van der Waals surface area contributed by atoms with Gasteiger partial charge in [-0.15, -0.1) is 0 Å². The zero-order valence-electron chi connectivity index (χ0n) is 15.7. The van der Waals surface area contributed by atoms with Gasteiger partial charge in [-0.05, 0) is 39.5 Å². The Kier molecular flexibility index (Phi) is 12.9. The molecule has 4 nitrogen and oxygen atoms in total. The predicted molar refractivity (Wildman–Crippen MR) is 97.7 cm³/mol. The lowest BCUT2D eigenvalue weighted by Gasteiger charge is -2.16. The minimum Gasteiger partial charge on any atom is -0.462 e. The number of hydrogen-bond acceptors (Lipinski definition) is 4. The van der Waals surface area contributed by atoms with Crippen LogP contribution in [0.2, 0.25) is 0 Å². The largest absolute Gasteiger partial charge is 0.462 e. The average molecular weight is 338 g/mol. The van der Waals surface area contributed by atoms with Crippen molar-refractivity contribution in [2.45, 2.75) is 84.7 Å². The van der Waals surface area contributed by atoms with Crippen LogP contribution in [0.5, 0.6) is 0 Å². The van der Waals surface area contributed by atoms with Gasteiger partial charge in [0.25, 0.3) is 0 Å². The van der Waals surface area contributed by atoms with E-state index in [0.29, 0.717) is 17.8 Å². The van der Waals surface area contributed by atoms with Gasteiger partial charge in [0.05, 0.1) is 6.61 Å². The Morgan fingerprint density at radius 1 is 0.833 bits per heavy atom. The van der Waals surface area contributed by atoms with E-state index in [-0.39, 0.29) is 18.0 Å². The smallest absolute Gasteiger partial charge is 0.333 e. The summed E-state index contributed by atoms with van der Waals surface area (Å²) in [4.78, 5) is 22.7. The van der Waals surface area contributed by atoms with E-state index in [1.165, 1.54) is 12.8 Å². The van der Waals surface area contributed by atoms with Crippen LogP contribution in [0.25, 0.3) is 0 Å². The van der Waals surface area contributed by atoms with Crippen LogP contribution in [0.15, 0.2) is 24.3 Å². The molecule has 0 saturated heterocycles. The van der Waals surface area contributed by atoms with Crippen molar-refractivity contribution in [3.05, 3.63) is 24.3 Å². The molecule has 0 heterocycles. The molecule has 0 spiro atoms. The zero-order chi connectivity index (χ0) is 18.4. The maximum absolute atomic E-state index is 11.5. The second kappa shape index (κ2) is 13.8. The molecule has 0 fully saturated rings. The summed E-state index contributed by atoms with van der Waals surface area (Å²) in [5.41, 5.74) is 0.914. The SMILES string of the molecule is C=C(C)C(=O)OCCCCCCCCCC(CC)OC(=O)C(=C)C. The molecule has 24 heavy (non-hydrogen) atoms. The first-order chi connectivity index (χ1) is 11.4. The fourth-order valence-corrected chi connectivity index (χ4v) is 2.24. The quantitative estimate of drug-likeness (QED) is 0.250. The maximum atomic E-state index is 11.5. The molecule has 0 aromatic rings. The van der Waals surface area contributed by atoms with Crippen molar-refractivity contribution >= 4 is 11.9 Å². The van der Waals surface area contributed by atoms with E-state index in [4.69, 9.17) is 9.47 Å². The van der Waals surface area contributed by atoms with Crippen molar-refractivity contribution in [2.75, 3.05) is 6.61 Å². The third-order valence-corrected chi connectivity index (χ3v) is 3.83. The molecule has 0 N–H and O–H groups in total. The predicted octanol–water partition coefficient (Wildman–Crippen LogP) is 5.12. The highest BCUT2D eigenvalue weighted by atomic mass is 16.5. The fraction of sp³-hybridized carbons (Fsp3) is 0.700. The van der Waals surface area contributed by atoms with Crippen LogP contribution in [0, 0.1) is 0 Å². The molecular weight excluding hydrogens is 304 g/mol. The van der Waals surface area contributed by atoms with Gasteiger partial charge in [0.1, 0.15) is 6.10 Å². The van der Waals surface area contributed by atoms with Gasteiger partial charge in [-0.1, -0.05) is 52.2 Å². The van der Waals surface area contributed by atoms with Gasteiger partial charge in [-0.2, -0.15) is 0 Å². The Labute approximate surface area is 147 Å². The number of carbonyl (C=O) groups excluding carboxylic acids is 2. The second-order valence-electron chi connectivity index (χ2n) is 6.40. The Bertz CT molecular complexity index is 412. The van der Waals surface area contributed by atoms with E-state index in [9.17, 15) is 9.59 Å². The minimum absolute atomic E-state index is 0.0113. The van der Waals surface area contributed by atoms with E-state index >= 15 is 0 Å². The highest BCUT2D eigenvalue weighted by molar-refractivity contribution is 5.87. The standard InChI is InChI=1S/C20H34O4/c1-6-18(24-20(22)17(4)5)14-12-10-8-7-9-11-13-15-23-19(21)16(2)3/h18H,2,4,6-15H2,1,3,5H3. The van der Waals surface area contributed by atoms with E-state index in [1.54, 1.807) is 13.8 Å². The molecule has 0 aromatic carbocycles. The number of unbranched alkanes of at least 4 members (excludes halogenated alkanes) is 6. The lowest BCUT2D eigenvalue weighted by molar-refractivity contribution is -0.144. The Morgan fingerprint density at radius 2 is 1.33 bits per heavy atom. The van der Waals surface area contributed by atoms with Crippen molar-refractivity contribution in [3.8, 4) is 0 Å². The summed E-state index contributed by atoms with van der Waals surface area (Å²) < 4.78 is 10.4. The fourth-order valence-electron chi connectivity index (χ4n) is 2.24. The van der Waals surface area contributed by atoms with E-state index in [2.05, 4.69) is 13.2 Å². The molecule has 138 valence electrons. The minimum atomic E-state index is -0.298. The summed E-state index contributed by atoms with van der Waals surface area (Å²) in [5, 5.41) is 0. The first kappa shape index (κ1) is 22.4. The van der Waals surface area contributed by atoms with Crippen molar-refractivity contribution < 1.29 is 19.1 Å². The zero-order valence-corrected chi connectivity index (χ0v) is 15.7. The molecule has 0 saturated carbocycles. The van der Waals surface area contributed by atoms with Crippen LogP contribution >= 0.6 is 0 Å². The Hall–Kier alpha value is -1.58. The van der Waals surface area contributed by atoms with Gasteiger partial charge in [0.15, 0.2) is 0 Å². The summed E-state index contributed by atoms with van der Waals surface area (Å²) in [6.45, 7) is 13.0.